The molecule has 6 aromatic carbocycles. The number of ether oxygens (including phenoxy) is 1. The zero-order chi connectivity index (χ0) is 38.0. The Balaban J connectivity index is 1.16. The maximum absolute atomic E-state index is 15.0. The van der Waals surface area contributed by atoms with Crippen LogP contribution in [-0.2, 0) is 18.5 Å². The molecular weight excluding hydrogens is 693 g/mol. The van der Waals surface area contributed by atoms with E-state index in [0.29, 0.717) is 11.1 Å². The molecule has 1 aliphatic rings. The number of halogens is 2. The second-order valence-corrected chi connectivity index (χ2v) is 12.5. The summed E-state index contributed by atoms with van der Waals surface area (Å²) in [4.78, 5) is 17.5. The van der Waals surface area contributed by atoms with Crippen molar-refractivity contribution in [2.24, 2.45) is 0 Å². The van der Waals surface area contributed by atoms with E-state index in [0.717, 1.165) is 34.1 Å². The molecule has 0 aromatic heterocycles. The van der Waals surface area contributed by atoms with Crippen molar-refractivity contribution in [2.75, 3.05) is 16.4 Å². The normalized spacial score (nSPS) is 13.7. The van der Waals surface area contributed by atoms with Gasteiger partial charge in [0.1, 0.15) is 5.76 Å². The number of esters is 1. The fraction of sp³-hybridized carbons (Fsp3) is 0.0435. The van der Waals surface area contributed by atoms with E-state index in [-0.39, 0.29) is 23.7 Å². The highest BCUT2D eigenvalue weighted by molar-refractivity contribution is 6.51. The van der Waals surface area contributed by atoms with Crippen LogP contribution < -0.4 is 9.80 Å². The summed E-state index contributed by atoms with van der Waals surface area (Å²) >= 11 is 0. The Morgan fingerprint density at radius 3 is 1.31 bits per heavy atom. The van der Waals surface area contributed by atoms with Crippen molar-refractivity contribution in [3.05, 3.63) is 204 Å². The molecule has 0 unspecified atom stereocenters. The summed E-state index contributed by atoms with van der Waals surface area (Å²) in [6, 6.07) is 55.1. The van der Waals surface area contributed by atoms with E-state index in [9.17, 15) is 4.79 Å². The highest BCUT2D eigenvalue weighted by Crippen LogP contribution is 2.36. The van der Waals surface area contributed by atoms with Crippen LogP contribution in [0.4, 0.5) is 42.8 Å². The van der Waals surface area contributed by atoms with Crippen molar-refractivity contribution >= 4 is 65.1 Å². The van der Waals surface area contributed by atoms with Gasteiger partial charge in [-0.05, 0) is 103 Å². The summed E-state index contributed by atoms with van der Waals surface area (Å²) in [5.74, 6) is -1.56. The summed E-state index contributed by atoms with van der Waals surface area (Å²) in [6.45, 7) is 1.66. The van der Waals surface area contributed by atoms with Crippen molar-refractivity contribution in [2.45, 2.75) is 6.92 Å². The largest absolute Gasteiger partial charge is 0.995 e. The van der Waals surface area contributed by atoms with E-state index in [2.05, 4.69) is 9.80 Å². The number of benzene rings is 6. The molecule has 0 bridgehead atoms. The molecule has 1 heterocycles. The average molecular weight is 731 g/mol. The average Bonchev–Trinajstić information content (AvgIpc) is 3.22. The second kappa shape index (κ2) is 16.8. The lowest BCUT2D eigenvalue weighted by Gasteiger charge is -2.25. The molecule has 0 saturated carbocycles. The highest BCUT2D eigenvalue weighted by Gasteiger charge is 2.55. The smallest absolute Gasteiger partial charge is 0.569 e. The molecule has 0 spiro atoms. The summed E-state index contributed by atoms with van der Waals surface area (Å²) < 4.78 is 45.3. The van der Waals surface area contributed by atoms with E-state index >= 15 is 8.63 Å². The Kier molecular flexibility index (Phi) is 11.1. The van der Waals surface area contributed by atoms with Crippen LogP contribution in [0.5, 0.6) is 0 Å². The van der Waals surface area contributed by atoms with Gasteiger partial charge in [-0.2, -0.15) is 0 Å². The van der Waals surface area contributed by atoms with E-state index in [1.54, 1.807) is 19.1 Å². The molecule has 0 atom stereocenters. The van der Waals surface area contributed by atoms with Crippen molar-refractivity contribution < 1.29 is 27.2 Å². The number of hydrogen-bond acceptors (Lipinski definition) is 5. The molecule has 0 amide bonds. The molecule has 0 saturated heterocycles. The Labute approximate surface area is 319 Å². The summed E-state index contributed by atoms with van der Waals surface area (Å²) in [5.41, 5.74) is 6.88. The SMILES string of the molecule is CCOC(=O)C1=C(/C=C/c2ccc(N(c3ccccc3)c3ccccc3)cc2)O[B-](F)(F)[O+]=C1/C=C/c1ccc(N(c2ccccc2)c2ccccc2)cc1. The monoisotopic (exact) mass is 730 g/mol. The van der Waals surface area contributed by atoms with E-state index in [1.807, 2.05) is 170 Å². The van der Waals surface area contributed by atoms with Crippen molar-refractivity contribution in [1.29, 1.82) is 0 Å². The van der Waals surface area contributed by atoms with E-state index in [1.165, 1.54) is 12.2 Å². The van der Waals surface area contributed by atoms with Gasteiger partial charge in [0.2, 0.25) is 0 Å². The third-order valence-corrected chi connectivity index (χ3v) is 8.72. The van der Waals surface area contributed by atoms with Gasteiger partial charge in [0.05, 0.1) is 6.61 Å². The third-order valence-electron chi connectivity index (χ3n) is 8.72. The molecular formula is C46H37BF2N2O4. The predicted molar refractivity (Wildman–Crippen MR) is 218 cm³/mol. The number of allylic oxidation sites excluding steroid dienone is 2. The maximum Gasteiger partial charge on any atom is 0.995 e. The van der Waals surface area contributed by atoms with Gasteiger partial charge in [-0.15, -0.1) is 0 Å². The molecule has 0 aliphatic carbocycles. The zero-order valence-electron chi connectivity index (χ0n) is 30.0. The first kappa shape index (κ1) is 36.4. The van der Waals surface area contributed by atoms with Crippen LogP contribution in [0.3, 0.4) is 0 Å². The van der Waals surface area contributed by atoms with Gasteiger partial charge in [-0.1, -0.05) is 103 Å². The van der Waals surface area contributed by atoms with Gasteiger partial charge in [-0.3, -0.25) is 0 Å². The number of carbonyl (C=O) groups is 1. The minimum atomic E-state index is -4.80. The Hall–Kier alpha value is -7.00. The van der Waals surface area contributed by atoms with Crippen LogP contribution in [0.1, 0.15) is 18.1 Å². The highest BCUT2D eigenvalue weighted by atomic mass is 19.3. The molecule has 0 N–H and O–H groups in total. The second-order valence-electron chi connectivity index (χ2n) is 12.5. The molecule has 55 heavy (non-hydrogen) atoms. The van der Waals surface area contributed by atoms with E-state index in [4.69, 9.17) is 13.7 Å². The van der Waals surface area contributed by atoms with Crippen LogP contribution in [-0.4, -0.2) is 25.5 Å². The third kappa shape index (κ3) is 8.80. The number of carbonyl (C=O) groups excluding carboxylic acids is 2. The first-order valence-corrected chi connectivity index (χ1v) is 17.9. The number of nitrogens with zero attached hydrogens (tertiary/aromatic N) is 2. The first-order chi connectivity index (χ1) is 26.9. The number of anilines is 6. The van der Waals surface area contributed by atoms with Crippen LogP contribution in [0.15, 0.2) is 193 Å². The van der Waals surface area contributed by atoms with Gasteiger partial charge < -0.3 is 32.2 Å². The minimum absolute atomic E-state index is 0.0272. The molecule has 272 valence electrons. The molecule has 7 rings (SSSR count). The molecule has 6 aromatic rings. The fourth-order valence-corrected chi connectivity index (χ4v) is 6.22. The lowest BCUT2D eigenvalue weighted by molar-refractivity contribution is -0.363. The van der Waals surface area contributed by atoms with E-state index < -0.39 is 13.1 Å². The van der Waals surface area contributed by atoms with Gasteiger partial charge in [0, 0.05) is 40.2 Å². The van der Waals surface area contributed by atoms with Crippen LogP contribution in [0, 0.1) is 0 Å². The maximum atomic E-state index is 15.0. The summed E-state index contributed by atoms with van der Waals surface area (Å²) in [7, 11) is -4.80. The van der Waals surface area contributed by atoms with Crippen LogP contribution in [0.25, 0.3) is 12.2 Å². The zero-order valence-corrected chi connectivity index (χ0v) is 30.0. The molecule has 9 heteroatoms. The van der Waals surface area contributed by atoms with Crippen LogP contribution >= 0.6 is 0 Å². The van der Waals surface area contributed by atoms with Gasteiger partial charge in [0.15, 0.2) is 5.57 Å². The molecule has 1 aliphatic heterocycles. The summed E-state index contributed by atoms with van der Waals surface area (Å²) in [5, 5.41) is 0. The number of rotatable bonds is 12. The molecule has 0 radical (unpaired) electrons. The van der Waals surface area contributed by atoms with Crippen molar-refractivity contribution in [1.82, 2.24) is 0 Å². The lowest BCUT2D eigenvalue weighted by atomic mass is 10.0. The standard InChI is InChI=1S/C46H37BF2N2O4/c1-2-53-46(52)45-43(33-27-35-23-29-41(30-24-35)50(37-15-7-3-8-16-37)38-17-9-4-10-18-38)54-47(48,49)55-44(45)34-28-36-25-31-42(32-26-36)51(39-19-11-5-12-20-39)40-21-13-6-14-22-40/h3-34H,2H2,1H3/b33-27+,34-28+. The molecule has 0 fully saturated rings. The predicted octanol–water partition coefficient (Wildman–Crippen LogP) is 11.7. The van der Waals surface area contributed by atoms with Crippen LogP contribution in [0.2, 0.25) is 0 Å². The first-order valence-electron chi connectivity index (χ1n) is 17.9. The summed E-state index contributed by atoms with van der Waals surface area (Å²) in [6.07, 6.45) is 5.90. The van der Waals surface area contributed by atoms with Crippen molar-refractivity contribution in [3.63, 3.8) is 0 Å². The fourth-order valence-electron chi connectivity index (χ4n) is 6.22. The quantitative estimate of drug-likeness (QED) is 0.0413. The van der Waals surface area contributed by atoms with Gasteiger partial charge in [0.25, 0.3) is 5.78 Å². The Bertz CT molecular complexity index is 2250. The minimum Gasteiger partial charge on any atom is -0.569 e. The Morgan fingerprint density at radius 2 is 0.927 bits per heavy atom. The number of ketones is 1. The molecule has 6 nitrogen and oxygen atoms in total. The topological polar surface area (TPSA) is 53.3 Å². The Morgan fingerprint density at radius 1 is 0.564 bits per heavy atom. The van der Waals surface area contributed by atoms with Crippen molar-refractivity contribution in [3.8, 4) is 0 Å². The van der Waals surface area contributed by atoms with Gasteiger partial charge >= 0.3 is 13.1 Å². The lowest BCUT2D eigenvalue weighted by Crippen LogP contribution is -2.38. The number of hydrogen-bond donors (Lipinski definition) is 0. The number of para-hydroxylation sites is 4. The van der Waals surface area contributed by atoms with Gasteiger partial charge in [-0.25, -0.2) is 4.79 Å².